The lowest BCUT2D eigenvalue weighted by atomic mass is 9.91. The van der Waals surface area contributed by atoms with Crippen LogP contribution in [0.5, 0.6) is 5.75 Å². The Hall–Kier alpha value is -3.29. The molecular formula is C21H24N6O2. The van der Waals surface area contributed by atoms with Gasteiger partial charge in [0.25, 0.3) is 5.91 Å². The highest BCUT2D eigenvalue weighted by atomic mass is 16.5. The summed E-state index contributed by atoms with van der Waals surface area (Å²) < 4.78 is 7.91. The molecule has 2 N–H and O–H groups in total. The molecule has 1 aliphatic carbocycles. The smallest absolute Gasteiger partial charge is 0.272 e. The average Bonchev–Trinajstić information content (AvgIpc) is 3.38. The minimum absolute atomic E-state index is 0.127. The zero-order chi connectivity index (χ0) is 19.8. The number of aromatic nitrogens is 4. The monoisotopic (exact) mass is 392 g/mol. The van der Waals surface area contributed by atoms with Crippen molar-refractivity contribution in [3.05, 3.63) is 59.7 Å². The molecule has 1 aromatic carbocycles. The molecule has 8 heteroatoms. The van der Waals surface area contributed by atoms with E-state index in [-0.39, 0.29) is 18.0 Å². The molecule has 1 amide bonds. The van der Waals surface area contributed by atoms with Gasteiger partial charge in [0.05, 0.1) is 17.8 Å². The van der Waals surface area contributed by atoms with Crippen molar-refractivity contribution in [1.82, 2.24) is 25.3 Å². The molecular weight excluding hydrogens is 368 g/mol. The fourth-order valence-electron chi connectivity index (χ4n) is 4.29. The Morgan fingerprint density at radius 3 is 3.07 bits per heavy atom. The van der Waals surface area contributed by atoms with Crippen LogP contribution in [0.2, 0.25) is 0 Å². The van der Waals surface area contributed by atoms with Crippen molar-refractivity contribution in [2.75, 3.05) is 25.1 Å². The lowest BCUT2D eigenvalue weighted by molar-refractivity contribution is 0.0919. The van der Waals surface area contributed by atoms with Crippen molar-refractivity contribution in [1.29, 1.82) is 0 Å². The van der Waals surface area contributed by atoms with Gasteiger partial charge in [-0.1, -0.05) is 12.1 Å². The summed E-state index contributed by atoms with van der Waals surface area (Å²) in [4.78, 5) is 15.2. The Kier molecular flexibility index (Phi) is 4.46. The first-order valence-electron chi connectivity index (χ1n) is 9.98. The average molecular weight is 392 g/mol. The number of hydrogen-bond acceptors (Lipinski definition) is 5. The minimum Gasteiger partial charge on any atom is -0.489 e. The molecule has 29 heavy (non-hydrogen) atoms. The Morgan fingerprint density at radius 1 is 1.31 bits per heavy atom. The Bertz CT molecular complexity index is 1010. The van der Waals surface area contributed by atoms with E-state index in [9.17, 15) is 4.79 Å². The molecule has 5 rings (SSSR count). The van der Waals surface area contributed by atoms with Crippen molar-refractivity contribution in [2.24, 2.45) is 0 Å². The van der Waals surface area contributed by atoms with Crippen molar-refractivity contribution in [2.45, 2.75) is 31.3 Å². The van der Waals surface area contributed by atoms with E-state index in [1.54, 1.807) is 6.20 Å². The van der Waals surface area contributed by atoms with Crippen LogP contribution < -0.4 is 15.0 Å². The summed E-state index contributed by atoms with van der Waals surface area (Å²) in [7, 11) is 2.01. The van der Waals surface area contributed by atoms with Crippen molar-refractivity contribution < 1.29 is 9.53 Å². The zero-order valence-electron chi connectivity index (χ0n) is 16.3. The van der Waals surface area contributed by atoms with Crippen molar-refractivity contribution in [3.63, 3.8) is 0 Å². The van der Waals surface area contributed by atoms with Gasteiger partial charge in [0.2, 0.25) is 0 Å². The number of para-hydroxylation sites is 2. The molecule has 0 saturated carbocycles. The van der Waals surface area contributed by atoms with Crippen LogP contribution in [-0.2, 0) is 12.8 Å². The van der Waals surface area contributed by atoms with Crippen LogP contribution in [0.3, 0.4) is 0 Å². The zero-order valence-corrected chi connectivity index (χ0v) is 16.3. The molecule has 2 aliphatic rings. The standard InChI is InChI=1S/C21H24N6O2/c1-26-12-14(13-29-19-6-3-2-5-18(19)26)23-21(28)20-16-11-15(27-10-4-9-22-27)7-8-17(16)24-25-20/h2-6,9-10,14-15H,7-8,11-13H2,1H3,(H,23,28)(H,24,25)/t14-,15?/m1/s1. The fraction of sp³-hybridized carbons (Fsp3) is 0.381. The second kappa shape index (κ2) is 7.27. The van der Waals surface area contributed by atoms with E-state index < -0.39 is 0 Å². The number of ether oxygens (including phenoxy) is 1. The molecule has 1 aliphatic heterocycles. The molecule has 1 unspecified atom stereocenters. The third kappa shape index (κ3) is 3.35. The number of nitrogens with zero attached hydrogens (tertiary/aromatic N) is 4. The van der Waals surface area contributed by atoms with Gasteiger partial charge in [0.1, 0.15) is 12.4 Å². The molecule has 8 nitrogen and oxygen atoms in total. The summed E-state index contributed by atoms with van der Waals surface area (Å²) in [5.74, 6) is 0.683. The molecule has 2 aromatic heterocycles. The number of benzene rings is 1. The molecule has 0 saturated heterocycles. The van der Waals surface area contributed by atoms with Gasteiger partial charge >= 0.3 is 0 Å². The molecule has 0 radical (unpaired) electrons. The van der Waals surface area contributed by atoms with Gasteiger partial charge in [0.15, 0.2) is 5.69 Å². The molecule has 0 spiro atoms. The molecule has 150 valence electrons. The first-order valence-corrected chi connectivity index (χ1v) is 9.98. The number of rotatable bonds is 3. The maximum Gasteiger partial charge on any atom is 0.272 e. The summed E-state index contributed by atoms with van der Waals surface area (Å²) in [5.41, 5.74) is 3.57. The highest BCUT2D eigenvalue weighted by Gasteiger charge is 2.29. The Balaban J connectivity index is 1.31. The summed E-state index contributed by atoms with van der Waals surface area (Å²) in [5, 5.41) is 14.9. The second-order valence-corrected chi connectivity index (χ2v) is 7.74. The number of carbonyl (C=O) groups excluding carboxylic acids is 1. The van der Waals surface area contributed by atoms with Gasteiger partial charge in [-0.2, -0.15) is 10.2 Å². The third-order valence-electron chi connectivity index (χ3n) is 5.78. The number of anilines is 1. The fourth-order valence-corrected chi connectivity index (χ4v) is 4.29. The third-order valence-corrected chi connectivity index (χ3v) is 5.78. The number of H-pyrrole nitrogens is 1. The lowest BCUT2D eigenvalue weighted by Gasteiger charge is -2.24. The quantitative estimate of drug-likeness (QED) is 0.712. The highest BCUT2D eigenvalue weighted by molar-refractivity contribution is 5.94. The van der Waals surface area contributed by atoms with Gasteiger partial charge in [-0.15, -0.1) is 0 Å². The summed E-state index contributed by atoms with van der Waals surface area (Å²) in [6.07, 6.45) is 6.37. The van der Waals surface area contributed by atoms with Gasteiger partial charge in [-0.05, 0) is 37.5 Å². The molecule has 3 aromatic rings. The Labute approximate surface area is 168 Å². The van der Waals surface area contributed by atoms with Crippen LogP contribution in [-0.4, -0.2) is 52.1 Å². The number of carbonyl (C=O) groups is 1. The Morgan fingerprint density at radius 2 is 2.21 bits per heavy atom. The van der Waals surface area contributed by atoms with E-state index in [2.05, 4.69) is 25.5 Å². The van der Waals surface area contributed by atoms with Crippen molar-refractivity contribution >= 4 is 11.6 Å². The maximum absolute atomic E-state index is 13.0. The van der Waals surface area contributed by atoms with E-state index in [0.717, 1.165) is 42.0 Å². The van der Waals surface area contributed by atoms with Crippen LogP contribution in [0.25, 0.3) is 0 Å². The number of hydrogen-bond donors (Lipinski definition) is 2. The number of likely N-dealkylation sites (N-methyl/N-ethyl adjacent to an activating group) is 1. The van der Waals surface area contributed by atoms with Crippen molar-refractivity contribution in [3.8, 4) is 5.75 Å². The van der Waals surface area contributed by atoms with Gasteiger partial charge in [-0.3, -0.25) is 14.6 Å². The van der Waals surface area contributed by atoms with E-state index >= 15 is 0 Å². The number of aromatic amines is 1. The predicted octanol–water partition coefficient (Wildman–Crippen LogP) is 1.96. The second-order valence-electron chi connectivity index (χ2n) is 7.74. The number of fused-ring (bicyclic) bond motifs is 2. The summed E-state index contributed by atoms with van der Waals surface area (Å²) >= 11 is 0. The molecule has 0 fully saturated rings. The number of amides is 1. The van der Waals surface area contributed by atoms with E-state index in [1.807, 2.05) is 48.3 Å². The van der Waals surface area contributed by atoms with Gasteiger partial charge in [0, 0.05) is 37.2 Å². The number of nitrogens with one attached hydrogen (secondary N) is 2. The van der Waals surface area contributed by atoms with Gasteiger partial charge < -0.3 is 15.0 Å². The van der Waals surface area contributed by atoms with Crippen LogP contribution in [0, 0.1) is 0 Å². The maximum atomic E-state index is 13.0. The van der Waals surface area contributed by atoms with Crippen LogP contribution in [0.15, 0.2) is 42.7 Å². The number of aryl methyl sites for hydroxylation is 1. The molecule has 0 bridgehead atoms. The van der Waals surface area contributed by atoms with Crippen LogP contribution >= 0.6 is 0 Å². The minimum atomic E-state index is -0.156. The first kappa shape index (κ1) is 17.8. The largest absolute Gasteiger partial charge is 0.489 e. The lowest BCUT2D eigenvalue weighted by Crippen LogP contribution is -2.45. The van der Waals surface area contributed by atoms with Crippen LogP contribution in [0.4, 0.5) is 5.69 Å². The topological polar surface area (TPSA) is 88.1 Å². The predicted molar refractivity (Wildman–Crippen MR) is 108 cm³/mol. The molecule has 3 heterocycles. The molecule has 2 atom stereocenters. The SMILES string of the molecule is CN1C[C@@H](NC(=O)c2n[nH]c3c2CC(n2cccn2)CC3)COc2ccccc21. The highest BCUT2D eigenvalue weighted by Crippen LogP contribution is 2.31. The van der Waals surface area contributed by atoms with E-state index in [1.165, 1.54) is 0 Å². The van der Waals surface area contributed by atoms with Crippen LogP contribution in [0.1, 0.15) is 34.2 Å². The van der Waals surface area contributed by atoms with E-state index in [4.69, 9.17) is 4.74 Å². The first-order chi connectivity index (χ1) is 14.2. The summed E-state index contributed by atoms with van der Waals surface area (Å²) in [6, 6.07) is 9.98. The normalized spacial score (nSPS) is 20.9. The summed E-state index contributed by atoms with van der Waals surface area (Å²) in [6.45, 7) is 1.10. The van der Waals surface area contributed by atoms with E-state index in [0.29, 0.717) is 18.8 Å². The van der Waals surface area contributed by atoms with Gasteiger partial charge in [-0.25, -0.2) is 0 Å².